The Labute approximate surface area is 240 Å². The minimum atomic E-state index is -4.61. The van der Waals surface area contributed by atoms with Crippen LogP contribution in [0.3, 0.4) is 0 Å². The second-order valence-electron chi connectivity index (χ2n) is 10.2. The van der Waals surface area contributed by atoms with E-state index < -0.39 is 23.1 Å². The quantitative estimate of drug-likeness (QED) is 0.413. The van der Waals surface area contributed by atoms with Crippen molar-refractivity contribution in [3.05, 3.63) is 70.5 Å². The summed E-state index contributed by atoms with van der Waals surface area (Å²) in [6, 6.07) is 11.4. The van der Waals surface area contributed by atoms with Gasteiger partial charge in [-0.1, -0.05) is 23.7 Å². The highest BCUT2D eigenvalue weighted by molar-refractivity contribution is 6.31. The van der Waals surface area contributed by atoms with Crippen molar-refractivity contribution < 1.29 is 27.5 Å². The van der Waals surface area contributed by atoms with Gasteiger partial charge in [-0.05, 0) is 55.7 Å². The standard InChI is InChI=1S/C29H29ClF3N5O3/c1-2-41-26-18(5-4-13-35-26)21-9-8-19-25(36-21)27(40)38(14-10-23(34)39)17-28(19)11-15-37(16-12-28)22-7-3-6-20(30)24(22)29(31,32)33/h3-9,13H,2,10-12,14-17H2,1H3,(H2,34,39). The van der Waals surface area contributed by atoms with E-state index in [4.69, 9.17) is 27.1 Å². The number of amides is 2. The summed E-state index contributed by atoms with van der Waals surface area (Å²) in [5, 5.41) is -0.347. The van der Waals surface area contributed by atoms with Gasteiger partial charge in [-0.2, -0.15) is 13.2 Å². The van der Waals surface area contributed by atoms with Crippen LogP contribution < -0.4 is 15.4 Å². The fourth-order valence-electron chi connectivity index (χ4n) is 5.80. The largest absolute Gasteiger partial charge is 0.477 e. The van der Waals surface area contributed by atoms with Crippen molar-refractivity contribution in [2.45, 2.75) is 37.8 Å². The minimum Gasteiger partial charge on any atom is -0.477 e. The van der Waals surface area contributed by atoms with Gasteiger partial charge in [0.2, 0.25) is 11.8 Å². The first kappa shape index (κ1) is 28.7. The maximum absolute atomic E-state index is 13.9. The van der Waals surface area contributed by atoms with Gasteiger partial charge in [-0.3, -0.25) is 9.59 Å². The lowest BCUT2D eigenvalue weighted by Gasteiger charge is -2.48. The highest BCUT2D eigenvalue weighted by Crippen LogP contribution is 2.46. The molecule has 1 spiro atoms. The van der Waals surface area contributed by atoms with E-state index in [1.54, 1.807) is 22.1 Å². The third-order valence-corrected chi connectivity index (χ3v) is 8.06. The van der Waals surface area contributed by atoms with Crippen LogP contribution in [0.25, 0.3) is 11.3 Å². The van der Waals surface area contributed by atoms with Crippen molar-refractivity contribution in [3.8, 4) is 17.1 Å². The molecule has 4 heterocycles. The lowest BCUT2D eigenvalue weighted by atomic mass is 9.69. The van der Waals surface area contributed by atoms with Gasteiger partial charge in [0, 0.05) is 44.2 Å². The van der Waals surface area contributed by atoms with Crippen LogP contribution in [0.4, 0.5) is 18.9 Å². The second kappa shape index (κ2) is 11.2. The molecule has 8 nitrogen and oxygen atoms in total. The SMILES string of the molecule is CCOc1ncccc1-c1ccc2c(n1)C(=O)N(CCC(N)=O)CC21CCN(c2cccc(Cl)c2C(F)(F)F)CC1. The predicted octanol–water partition coefficient (Wildman–Crippen LogP) is 5.08. The Morgan fingerprint density at radius 3 is 2.59 bits per heavy atom. The smallest absolute Gasteiger partial charge is 0.419 e. The number of benzene rings is 1. The lowest BCUT2D eigenvalue weighted by Crippen LogP contribution is -2.55. The van der Waals surface area contributed by atoms with Crippen LogP contribution in [0.1, 0.15) is 47.8 Å². The third-order valence-electron chi connectivity index (χ3n) is 7.74. The molecule has 2 aromatic heterocycles. The predicted molar refractivity (Wildman–Crippen MR) is 148 cm³/mol. The van der Waals surface area contributed by atoms with E-state index in [1.807, 2.05) is 25.1 Å². The first-order valence-electron chi connectivity index (χ1n) is 13.3. The number of anilines is 1. The van der Waals surface area contributed by atoms with Crippen molar-refractivity contribution in [3.63, 3.8) is 0 Å². The summed E-state index contributed by atoms with van der Waals surface area (Å²) in [6.45, 7) is 3.28. The van der Waals surface area contributed by atoms with E-state index in [0.717, 1.165) is 5.56 Å². The van der Waals surface area contributed by atoms with Gasteiger partial charge in [0.15, 0.2) is 0 Å². The molecule has 0 bridgehead atoms. The summed E-state index contributed by atoms with van der Waals surface area (Å²) < 4.78 is 47.3. The number of ether oxygens (including phenoxy) is 1. The van der Waals surface area contributed by atoms with E-state index in [-0.39, 0.29) is 35.3 Å². The Morgan fingerprint density at radius 1 is 1.15 bits per heavy atom. The minimum absolute atomic E-state index is 0.0163. The van der Waals surface area contributed by atoms with Crippen LogP contribution in [-0.4, -0.2) is 59.5 Å². The molecule has 0 saturated carbocycles. The topological polar surface area (TPSA) is 102 Å². The van der Waals surface area contributed by atoms with E-state index >= 15 is 0 Å². The van der Waals surface area contributed by atoms with Crippen LogP contribution >= 0.6 is 11.6 Å². The van der Waals surface area contributed by atoms with Crippen LogP contribution in [0.15, 0.2) is 48.7 Å². The number of nitrogens with zero attached hydrogens (tertiary/aromatic N) is 4. The maximum atomic E-state index is 13.9. The molecule has 1 fully saturated rings. The summed E-state index contributed by atoms with van der Waals surface area (Å²) >= 11 is 5.98. The zero-order chi connectivity index (χ0) is 29.4. The van der Waals surface area contributed by atoms with Crippen LogP contribution in [0.2, 0.25) is 5.02 Å². The summed E-state index contributed by atoms with van der Waals surface area (Å²) in [4.78, 5) is 37.5. The molecule has 3 aromatic rings. The van der Waals surface area contributed by atoms with Gasteiger partial charge in [-0.25, -0.2) is 9.97 Å². The molecule has 2 aliphatic rings. The molecule has 2 aliphatic heterocycles. The highest BCUT2D eigenvalue weighted by atomic mass is 35.5. The molecule has 2 amide bonds. The number of nitrogens with two attached hydrogens (primary N) is 1. The number of halogens is 4. The molecule has 41 heavy (non-hydrogen) atoms. The van der Waals surface area contributed by atoms with Crippen molar-refractivity contribution in [1.82, 2.24) is 14.9 Å². The zero-order valence-corrected chi connectivity index (χ0v) is 23.1. The van der Waals surface area contributed by atoms with Crippen LogP contribution in [0, 0.1) is 0 Å². The van der Waals surface area contributed by atoms with Crippen molar-refractivity contribution >= 4 is 29.1 Å². The van der Waals surface area contributed by atoms with Crippen molar-refractivity contribution in [2.75, 3.05) is 37.7 Å². The number of primary amides is 1. The molecular weight excluding hydrogens is 559 g/mol. The number of hydrogen-bond donors (Lipinski definition) is 1. The Balaban J connectivity index is 1.52. The average Bonchev–Trinajstić information content (AvgIpc) is 2.94. The number of alkyl halides is 3. The van der Waals surface area contributed by atoms with Crippen molar-refractivity contribution in [1.29, 1.82) is 0 Å². The summed E-state index contributed by atoms with van der Waals surface area (Å²) in [5.74, 6) is -0.472. The fourth-order valence-corrected chi connectivity index (χ4v) is 6.07. The normalized spacial score (nSPS) is 16.6. The fraction of sp³-hybridized carbons (Fsp3) is 0.379. The number of carbonyl (C=O) groups excluding carboxylic acids is 2. The first-order valence-corrected chi connectivity index (χ1v) is 13.7. The highest BCUT2D eigenvalue weighted by Gasteiger charge is 2.47. The van der Waals surface area contributed by atoms with Gasteiger partial charge >= 0.3 is 6.18 Å². The summed E-state index contributed by atoms with van der Waals surface area (Å²) in [7, 11) is 0. The van der Waals surface area contributed by atoms with Crippen LogP contribution in [-0.2, 0) is 16.4 Å². The van der Waals surface area contributed by atoms with E-state index in [1.165, 1.54) is 18.2 Å². The van der Waals surface area contributed by atoms with E-state index in [2.05, 4.69) is 4.98 Å². The van der Waals surface area contributed by atoms with E-state index in [0.29, 0.717) is 56.2 Å². The average molecular weight is 588 g/mol. The van der Waals surface area contributed by atoms with Gasteiger partial charge in [0.25, 0.3) is 5.91 Å². The van der Waals surface area contributed by atoms with Crippen molar-refractivity contribution in [2.24, 2.45) is 5.73 Å². The molecule has 216 valence electrons. The molecule has 12 heteroatoms. The number of fused-ring (bicyclic) bond motifs is 2. The molecule has 0 radical (unpaired) electrons. The maximum Gasteiger partial charge on any atom is 0.419 e. The summed E-state index contributed by atoms with van der Waals surface area (Å²) in [6.07, 6.45) is -2.09. The molecule has 0 aliphatic carbocycles. The molecule has 2 N–H and O–H groups in total. The Bertz CT molecular complexity index is 1470. The number of pyridine rings is 2. The molecular formula is C29H29ClF3N5O3. The lowest BCUT2D eigenvalue weighted by molar-refractivity contribution is -0.137. The van der Waals surface area contributed by atoms with Gasteiger partial charge < -0.3 is 20.3 Å². The first-order chi connectivity index (χ1) is 19.5. The Kier molecular flexibility index (Phi) is 7.83. The zero-order valence-electron chi connectivity index (χ0n) is 22.4. The second-order valence-corrected chi connectivity index (χ2v) is 10.6. The number of carbonyl (C=O) groups is 2. The van der Waals surface area contributed by atoms with Gasteiger partial charge in [0.05, 0.1) is 34.1 Å². The van der Waals surface area contributed by atoms with E-state index in [9.17, 15) is 22.8 Å². The number of hydrogen-bond acceptors (Lipinski definition) is 6. The van der Waals surface area contributed by atoms with Crippen LogP contribution in [0.5, 0.6) is 5.88 Å². The molecule has 5 rings (SSSR count). The monoisotopic (exact) mass is 587 g/mol. The number of rotatable bonds is 7. The molecule has 0 unspecified atom stereocenters. The molecule has 1 saturated heterocycles. The number of piperidine rings is 1. The molecule has 1 aromatic carbocycles. The Hall–Kier alpha value is -3.86. The summed E-state index contributed by atoms with van der Waals surface area (Å²) in [5.41, 5.74) is 6.12. The molecule has 0 atom stereocenters. The van der Waals surface area contributed by atoms with Gasteiger partial charge in [0.1, 0.15) is 5.69 Å². The van der Waals surface area contributed by atoms with Gasteiger partial charge in [-0.15, -0.1) is 0 Å². The third kappa shape index (κ3) is 5.55. The number of aromatic nitrogens is 2. The Morgan fingerprint density at radius 2 is 1.90 bits per heavy atom.